The summed E-state index contributed by atoms with van der Waals surface area (Å²) in [7, 11) is 0. The third kappa shape index (κ3) is 1.25. The summed E-state index contributed by atoms with van der Waals surface area (Å²) in [5.41, 5.74) is 1.41. The van der Waals surface area contributed by atoms with Gasteiger partial charge in [0.15, 0.2) is 0 Å². The van der Waals surface area contributed by atoms with E-state index in [4.69, 9.17) is 4.74 Å². The van der Waals surface area contributed by atoms with Crippen LogP contribution in [0.4, 0.5) is 0 Å². The number of benzene rings is 1. The molecule has 1 saturated heterocycles. The lowest BCUT2D eigenvalue weighted by Gasteiger charge is -2.34. The Bertz CT molecular complexity index is 464. The zero-order valence-corrected chi connectivity index (χ0v) is 8.81. The Balaban J connectivity index is 2.15. The fraction of sp³-hybridized carbons (Fsp3) is 0.385. The highest BCUT2D eigenvalue weighted by Gasteiger charge is 2.42. The quantitative estimate of drug-likeness (QED) is 0.622. The molecule has 16 heavy (non-hydrogen) atoms. The van der Waals surface area contributed by atoms with Gasteiger partial charge in [0.2, 0.25) is 11.6 Å². The summed E-state index contributed by atoms with van der Waals surface area (Å²) < 4.78 is 5.65. The Labute approximate surface area is 93.4 Å². The lowest BCUT2D eigenvalue weighted by atomic mass is 9.76. The molecule has 1 fully saturated rings. The Morgan fingerprint density at radius 2 is 2.00 bits per heavy atom. The predicted octanol–water partition coefficient (Wildman–Crippen LogP) is 1.92. The van der Waals surface area contributed by atoms with Gasteiger partial charge >= 0.3 is 0 Å². The minimum absolute atomic E-state index is 0.199. The van der Waals surface area contributed by atoms with Gasteiger partial charge < -0.3 is 4.74 Å². The van der Waals surface area contributed by atoms with Crippen LogP contribution in [0.2, 0.25) is 0 Å². The highest BCUT2D eigenvalue weighted by molar-refractivity contribution is 6.45. The first-order valence-corrected chi connectivity index (χ1v) is 5.58. The second kappa shape index (κ2) is 3.52. The average molecular weight is 216 g/mol. The third-order valence-corrected chi connectivity index (χ3v) is 3.39. The molecule has 2 unspecified atom stereocenters. The van der Waals surface area contributed by atoms with Crippen LogP contribution in [0.1, 0.15) is 34.9 Å². The van der Waals surface area contributed by atoms with Crippen molar-refractivity contribution in [2.24, 2.45) is 5.92 Å². The van der Waals surface area contributed by atoms with Gasteiger partial charge in [-0.1, -0.05) is 24.3 Å². The zero-order valence-electron chi connectivity index (χ0n) is 8.81. The average Bonchev–Trinajstić information content (AvgIpc) is 2.36. The minimum Gasteiger partial charge on any atom is -0.373 e. The molecule has 0 spiro atoms. The van der Waals surface area contributed by atoms with Crippen molar-refractivity contribution in [3.63, 3.8) is 0 Å². The standard InChI is InChI=1S/C13H12O3/c14-11-8-4-1-2-5-9(8)13-10(12(11)15)6-3-7-16-13/h1-2,4-5,10,13H,3,6-7H2. The van der Waals surface area contributed by atoms with Crippen molar-refractivity contribution in [2.75, 3.05) is 6.61 Å². The maximum atomic E-state index is 11.9. The van der Waals surface area contributed by atoms with E-state index in [0.29, 0.717) is 12.2 Å². The largest absolute Gasteiger partial charge is 0.373 e. The predicted molar refractivity (Wildman–Crippen MR) is 57.2 cm³/mol. The molecule has 1 aliphatic heterocycles. The summed E-state index contributed by atoms with van der Waals surface area (Å²) in [5, 5.41) is 0. The molecule has 1 aliphatic carbocycles. The van der Waals surface area contributed by atoms with E-state index >= 15 is 0 Å². The molecule has 0 N–H and O–H groups in total. The number of hydrogen-bond donors (Lipinski definition) is 0. The van der Waals surface area contributed by atoms with Gasteiger partial charge in [-0.15, -0.1) is 0 Å². The minimum atomic E-state index is -0.345. The van der Waals surface area contributed by atoms with Crippen LogP contribution in [-0.4, -0.2) is 18.2 Å². The number of carbonyl (C=O) groups excluding carboxylic acids is 2. The smallest absolute Gasteiger partial charge is 0.229 e. The van der Waals surface area contributed by atoms with E-state index in [-0.39, 0.29) is 23.6 Å². The molecule has 3 heteroatoms. The molecule has 82 valence electrons. The van der Waals surface area contributed by atoms with Crippen LogP contribution in [0.5, 0.6) is 0 Å². The SMILES string of the molecule is O=C1C(=O)C2CCCOC2c2ccccc21. The van der Waals surface area contributed by atoms with Gasteiger partial charge in [-0.3, -0.25) is 9.59 Å². The summed E-state index contributed by atoms with van der Waals surface area (Å²) in [4.78, 5) is 23.8. The molecular formula is C13H12O3. The van der Waals surface area contributed by atoms with E-state index in [2.05, 4.69) is 0 Å². The van der Waals surface area contributed by atoms with Crippen molar-refractivity contribution in [3.8, 4) is 0 Å². The number of rotatable bonds is 0. The molecule has 3 nitrogen and oxygen atoms in total. The van der Waals surface area contributed by atoms with Gasteiger partial charge in [0.25, 0.3) is 0 Å². The van der Waals surface area contributed by atoms with Crippen molar-refractivity contribution in [1.29, 1.82) is 0 Å². The van der Waals surface area contributed by atoms with Gasteiger partial charge in [-0.05, 0) is 18.4 Å². The van der Waals surface area contributed by atoms with Crippen molar-refractivity contribution in [2.45, 2.75) is 18.9 Å². The second-order valence-electron chi connectivity index (χ2n) is 4.32. The molecule has 0 bridgehead atoms. The lowest BCUT2D eigenvalue weighted by Crippen LogP contribution is -2.38. The number of fused-ring (bicyclic) bond motifs is 3. The molecule has 0 saturated carbocycles. The fourth-order valence-corrected chi connectivity index (χ4v) is 2.61. The number of hydrogen-bond acceptors (Lipinski definition) is 3. The van der Waals surface area contributed by atoms with Crippen LogP contribution in [0, 0.1) is 5.92 Å². The topological polar surface area (TPSA) is 43.4 Å². The maximum absolute atomic E-state index is 11.9. The van der Waals surface area contributed by atoms with Crippen molar-refractivity contribution in [3.05, 3.63) is 35.4 Å². The highest BCUT2D eigenvalue weighted by atomic mass is 16.5. The summed E-state index contributed by atoms with van der Waals surface area (Å²) >= 11 is 0. The van der Waals surface area contributed by atoms with E-state index in [1.54, 1.807) is 12.1 Å². The normalized spacial score (nSPS) is 28.5. The van der Waals surface area contributed by atoms with Gasteiger partial charge in [-0.25, -0.2) is 0 Å². The van der Waals surface area contributed by atoms with Gasteiger partial charge in [0, 0.05) is 12.2 Å². The molecule has 1 aromatic rings. The van der Waals surface area contributed by atoms with Gasteiger partial charge in [0.1, 0.15) is 0 Å². The summed E-state index contributed by atoms with van der Waals surface area (Å²) in [5.74, 6) is -0.873. The molecule has 1 heterocycles. The fourth-order valence-electron chi connectivity index (χ4n) is 2.61. The van der Waals surface area contributed by atoms with Crippen molar-refractivity contribution in [1.82, 2.24) is 0 Å². The number of ether oxygens (including phenoxy) is 1. The number of ketones is 2. The van der Waals surface area contributed by atoms with E-state index in [1.807, 2.05) is 12.1 Å². The molecule has 1 aromatic carbocycles. The first-order chi connectivity index (χ1) is 7.79. The van der Waals surface area contributed by atoms with E-state index in [9.17, 15) is 9.59 Å². The van der Waals surface area contributed by atoms with Crippen LogP contribution in [-0.2, 0) is 9.53 Å². The van der Waals surface area contributed by atoms with Crippen LogP contribution in [0.3, 0.4) is 0 Å². The first-order valence-electron chi connectivity index (χ1n) is 5.58. The lowest BCUT2D eigenvalue weighted by molar-refractivity contribution is -0.129. The van der Waals surface area contributed by atoms with Crippen molar-refractivity contribution >= 4 is 11.6 Å². The Kier molecular flexibility index (Phi) is 2.14. The van der Waals surface area contributed by atoms with E-state index in [1.165, 1.54) is 0 Å². The molecular weight excluding hydrogens is 204 g/mol. The summed E-state index contributed by atoms with van der Waals surface area (Å²) in [6, 6.07) is 7.27. The molecule has 0 aromatic heterocycles. The second-order valence-corrected chi connectivity index (χ2v) is 4.32. The van der Waals surface area contributed by atoms with Crippen LogP contribution in [0.25, 0.3) is 0 Å². The zero-order chi connectivity index (χ0) is 11.1. The Hall–Kier alpha value is -1.48. The third-order valence-electron chi connectivity index (χ3n) is 3.39. The van der Waals surface area contributed by atoms with Crippen LogP contribution < -0.4 is 0 Å². The first kappa shape index (κ1) is 9.73. The Morgan fingerprint density at radius 3 is 2.88 bits per heavy atom. The molecule has 2 aliphatic rings. The molecule has 0 amide bonds. The molecule has 3 rings (SSSR count). The van der Waals surface area contributed by atoms with E-state index < -0.39 is 0 Å². The monoisotopic (exact) mass is 216 g/mol. The van der Waals surface area contributed by atoms with Crippen LogP contribution >= 0.6 is 0 Å². The number of Topliss-reactive ketones (excluding diaryl/α,β-unsaturated/α-hetero) is 2. The summed E-state index contributed by atoms with van der Waals surface area (Å²) in [6.45, 7) is 0.678. The molecule has 0 radical (unpaired) electrons. The van der Waals surface area contributed by atoms with Crippen LogP contribution in [0.15, 0.2) is 24.3 Å². The summed E-state index contributed by atoms with van der Waals surface area (Å²) in [6.07, 6.45) is 1.43. The van der Waals surface area contributed by atoms with E-state index in [0.717, 1.165) is 18.4 Å². The van der Waals surface area contributed by atoms with Gasteiger partial charge in [0.05, 0.1) is 12.0 Å². The van der Waals surface area contributed by atoms with Gasteiger partial charge in [-0.2, -0.15) is 0 Å². The van der Waals surface area contributed by atoms with Crippen molar-refractivity contribution < 1.29 is 14.3 Å². The Morgan fingerprint density at radius 1 is 1.19 bits per heavy atom. The maximum Gasteiger partial charge on any atom is 0.229 e. The highest BCUT2D eigenvalue weighted by Crippen LogP contribution is 2.40. The number of carbonyl (C=O) groups is 2. The molecule has 2 atom stereocenters.